The number of primary amides is 2. The first kappa shape index (κ1) is 91.5. The predicted octanol–water partition coefficient (Wildman–Crippen LogP) is -8.57. The van der Waals surface area contributed by atoms with Crippen LogP contribution in [0.5, 0.6) is 0 Å². The van der Waals surface area contributed by atoms with E-state index in [2.05, 4.69) is 69.1 Å². The van der Waals surface area contributed by atoms with Crippen LogP contribution >= 0.6 is 0 Å². The van der Waals surface area contributed by atoms with Crippen molar-refractivity contribution in [1.82, 2.24) is 69.1 Å². The molecule has 0 bridgehead atoms. The molecule has 0 spiro atoms. The standard InChI is InChI=1S/C68H94N18O24/c1-3-34(2)55(86-59(101)40(21-22-52(92)93)78-62(104)44(29-53(94)95)81-61(103)43(26-37-18-11-6-12-19-37)79-56(98)38(69)27-49(70)89)66(108)82-45(30-54(96)97)63(105)77-39(20-13-23-74-68(72)73)58(100)84-48(33-88)65(107)85-47(32-87)64(106)80-41(24-35-14-7-4-8-15-35)57(99)75-31-51(91)76-42(25-36-16-9-5-10-17-36)60(102)83-46(67(109)110)28-50(71)90/h4-12,14-19,34,38-48,55,87-88H,3,13,20-33,69H2,1-2H3,(H2,70,89)(H2,71,90)(H,75,99)(H,76,91)(H,77,105)(H,78,104)(H,79,98)(H,80,106)(H,81,103)(H,82,108)(H,83,102)(H,84,100)(H,85,107)(H,86,101)(H,92,93)(H,94,95)(H,96,97)(H,109,110)(H4,72,73,74). The third-order valence-electron chi connectivity index (χ3n) is 16.3. The third-order valence-corrected chi connectivity index (χ3v) is 16.3. The van der Waals surface area contributed by atoms with Crippen LogP contribution in [0.15, 0.2) is 91.0 Å². The Morgan fingerprint density at radius 3 is 1.15 bits per heavy atom. The van der Waals surface area contributed by atoms with E-state index in [1.54, 1.807) is 91.0 Å². The van der Waals surface area contributed by atoms with Crippen LogP contribution in [0.25, 0.3) is 0 Å². The van der Waals surface area contributed by atoms with Gasteiger partial charge in [0.2, 0.25) is 82.7 Å². The van der Waals surface area contributed by atoms with E-state index in [0.717, 1.165) is 0 Å². The molecule has 0 heterocycles. The summed E-state index contributed by atoms with van der Waals surface area (Å²) < 4.78 is 0. The molecule has 0 saturated carbocycles. The van der Waals surface area contributed by atoms with E-state index in [-0.39, 0.29) is 38.6 Å². The Morgan fingerprint density at radius 1 is 0.391 bits per heavy atom. The van der Waals surface area contributed by atoms with Gasteiger partial charge in [-0.2, -0.15) is 0 Å². The van der Waals surface area contributed by atoms with Gasteiger partial charge in [0.15, 0.2) is 5.96 Å². The maximum Gasteiger partial charge on any atom is 0.326 e. The first-order valence-electron chi connectivity index (χ1n) is 34.2. The van der Waals surface area contributed by atoms with Crippen molar-refractivity contribution in [3.05, 3.63) is 108 Å². The predicted molar refractivity (Wildman–Crippen MR) is 382 cm³/mol. The van der Waals surface area contributed by atoms with Crippen LogP contribution < -0.4 is 92.1 Å². The zero-order valence-corrected chi connectivity index (χ0v) is 59.8. The number of hydrogen-bond donors (Lipinski definition) is 24. The molecule has 42 nitrogen and oxygen atoms in total. The second-order valence-electron chi connectivity index (χ2n) is 25.1. The maximum atomic E-state index is 14.3. The fourth-order valence-corrected chi connectivity index (χ4v) is 10.3. The molecule has 0 aliphatic rings. The van der Waals surface area contributed by atoms with E-state index in [0.29, 0.717) is 16.7 Å². The van der Waals surface area contributed by atoms with Crippen molar-refractivity contribution in [1.29, 1.82) is 5.41 Å². The summed E-state index contributed by atoms with van der Waals surface area (Å²) in [6.07, 6.45) is -6.86. The molecule has 0 aliphatic carbocycles. The molecule has 3 rings (SSSR count). The van der Waals surface area contributed by atoms with E-state index in [1.807, 2.05) is 0 Å². The molecule has 14 amide bonds. The summed E-state index contributed by atoms with van der Waals surface area (Å²) in [7, 11) is 0. The molecule has 3 aromatic carbocycles. The molecule has 13 atom stereocenters. The van der Waals surface area contributed by atoms with Gasteiger partial charge in [0.25, 0.3) is 0 Å². The number of carbonyl (C=O) groups excluding carboxylic acids is 14. The summed E-state index contributed by atoms with van der Waals surface area (Å²) in [6.45, 7) is -0.576. The minimum atomic E-state index is -2.15. The van der Waals surface area contributed by atoms with E-state index >= 15 is 0 Å². The molecule has 3 aromatic rings. The number of carboxylic acid groups (broad SMARTS) is 4. The number of aliphatic hydroxyl groups excluding tert-OH is 2. The number of aliphatic carboxylic acids is 4. The number of guanidine groups is 1. The van der Waals surface area contributed by atoms with Crippen molar-refractivity contribution in [2.45, 2.75) is 163 Å². The number of nitrogens with one attached hydrogen (secondary N) is 14. The Hall–Kier alpha value is -12.7. The molecular weight excluding hydrogens is 1450 g/mol. The average Bonchev–Trinajstić information content (AvgIpc) is 0.850. The quantitative estimate of drug-likeness (QED) is 0.0142. The summed E-state index contributed by atoms with van der Waals surface area (Å²) in [5.41, 5.74) is 22.9. The largest absolute Gasteiger partial charge is 0.481 e. The van der Waals surface area contributed by atoms with Gasteiger partial charge in [-0.15, -0.1) is 0 Å². The van der Waals surface area contributed by atoms with Crippen LogP contribution in [0.3, 0.4) is 0 Å². The van der Waals surface area contributed by atoms with Crippen LogP contribution in [0.2, 0.25) is 0 Å². The monoisotopic (exact) mass is 1550 g/mol. The average molecular weight is 1550 g/mol. The second-order valence-corrected chi connectivity index (χ2v) is 25.1. The molecule has 13 unspecified atom stereocenters. The van der Waals surface area contributed by atoms with Crippen molar-refractivity contribution < 1.29 is 117 Å². The Labute approximate surface area is 628 Å². The van der Waals surface area contributed by atoms with Gasteiger partial charge in [0, 0.05) is 32.2 Å². The number of carbonyl (C=O) groups is 18. The first-order valence-corrected chi connectivity index (χ1v) is 34.2. The van der Waals surface area contributed by atoms with Crippen molar-refractivity contribution in [2.24, 2.45) is 28.9 Å². The summed E-state index contributed by atoms with van der Waals surface area (Å²) in [4.78, 5) is 238. The highest BCUT2D eigenvalue weighted by molar-refractivity contribution is 6.01. The van der Waals surface area contributed by atoms with Gasteiger partial charge in [-0.25, -0.2) is 4.79 Å². The molecule has 0 saturated heterocycles. The number of amides is 14. The fourth-order valence-electron chi connectivity index (χ4n) is 10.3. The topological polar surface area (TPSA) is 713 Å². The van der Waals surface area contributed by atoms with Crippen LogP contribution in [-0.4, -0.2) is 242 Å². The minimum absolute atomic E-state index is 0.0297. The molecule has 0 fully saturated rings. The highest BCUT2D eigenvalue weighted by atomic mass is 16.4. The Kier molecular flexibility index (Phi) is 39.1. The number of benzene rings is 3. The molecule has 0 aromatic heterocycles. The summed E-state index contributed by atoms with van der Waals surface area (Å²) in [5.74, 6) is -24.7. The number of rotatable bonds is 50. The van der Waals surface area contributed by atoms with Gasteiger partial charge < -0.3 is 123 Å². The number of hydrogen-bond acceptors (Lipinski definition) is 22. The highest BCUT2D eigenvalue weighted by Gasteiger charge is 2.39. The van der Waals surface area contributed by atoms with Crippen molar-refractivity contribution in [3.63, 3.8) is 0 Å². The van der Waals surface area contributed by atoms with Gasteiger partial charge in [-0.05, 0) is 41.9 Å². The number of nitrogens with two attached hydrogens (primary N) is 4. The van der Waals surface area contributed by atoms with Crippen LogP contribution in [0.1, 0.15) is 88.3 Å². The summed E-state index contributed by atoms with van der Waals surface area (Å²) in [6, 6.07) is 2.02. The smallest absolute Gasteiger partial charge is 0.326 e. The number of aliphatic hydroxyl groups is 2. The Morgan fingerprint density at radius 2 is 0.745 bits per heavy atom. The van der Waals surface area contributed by atoms with Crippen LogP contribution in [-0.2, 0) is 106 Å². The van der Waals surface area contributed by atoms with E-state index in [9.17, 15) is 117 Å². The van der Waals surface area contributed by atoms with Crippen LogP contribution in [0, 0.1) is 11.3 Å². The lowest BCUT2D eigenvalue weighted by Crippen LogP contribution is -2.62. The van der Waals surface area contributed by atoms with Gasteiger partial charge in [0.05, 0.1) is 51.5 Å². The third kappa shape index (κ3) is 33.8. The van der Waals surface area contributed by atoms with Gasteiger partial charge >= 0.3 is 23.9 Å². The fraction of sp³-hybridized carbons (Fsp3) is 0.456. The van der Waals surface area contributed by atoms with E-state index in [4.69, 9.17) is 28.3 Å². The lowest BCUT2D eigenvalue weighted by Gasteiger charge is -2.29. The second kappa shape index (κ2) is 47.1. The molecule has 28 N–H and O–H groups in total. The molecular formula is C68H94N18O24. The summed E-state index contributed by atoms with van der Waals surface area (Å²) in [5, 5.41) is 97.0. The zero-order valence-electron chi connectivity index (χ0n) is 59.8. The van der Waals surface area contributed by atoms with Crippen LogP contribution in [0.4, 0.5) is 0 Å². The molecule has 42 heteroatoms. The van der Waals surface area contributed by atoms with Gasteiger partial charge in [-0.3, -0.25) is 86.9 Å². The lowest BCUT2D eigenvalue weighted by molar-refractivity contribution is -0.143. The maximum absolute atomic E-state index is 14.3. The SMILES string of the molecule is CCC(C)C(NC(=O)C(CCC(=O)O)NC(=O)C(CC(=O)O)NC(=O)C(Cc1ccccc1)NC(=O)C(N)CC(N)=O)C(=O)NC(CC(=O)O)C(=O)NC(CCCNC(=N)N)C(=O)NC(CO)C(=O)NC(CO)C(=O)NC(Cc1ccccc1)C(=O)NCC(=O)NC(Cc1ccccc1)C(=O)NC(CC(N)=O)C(=O)O. The molecule has 0 radical (unpaired) electrons. The Bertz CT molecular complexity index is 3750. The van der Waals surface area contributed by atoms with Crippen molar-refractivity contribution in [3.8, 4) is 0 Å². The van der Waals surface area contributed by atoms with E-state index in [1.165, 1.54) is 13.8 Å². The van der Waals surface area contributed by atoms with E-state index < -0.39 is 256 Å². The first-order chi connectivity index (χ1) is 51.9. The molecule has 0 aliphatic heterocycles. The van der Waals surface area contributed by atoms with Gasteiger partial charge in [0.1, 0.15) is 66.5 Å². The minimum Gasteiger partial charge on any atom is -0.481 e. The van der Waals surface area contributed by atoms with Crippen molar-refractivity contribution >= 4 is 113 Å². The molecule has 110 heavy (non-hydrogen) atoms. The van der Waals surface area contributed by atoms with Crippen molar-refractivity contribution in [2.75, 3.05) is 26.3 Å². The molecule has 600 valence electrons. The van der Waals surface area contributed by atoms with Gasteiger partial charge in [-0.1, -0.05) is 111 Å². The Balaban J connectivity index is 1.88. The normalized spacial score (nSPS) is 14.4. The highest BCUT2D eigenvalue weighted by Crippen LogP contribution is 2.14. The zero-order chi connectivity index (χ0) is 82.3. The lowest BCUT2D eigenvalue weighted by atomic mass is 9.96. The summed E-state index contributed by atoms with van der Waals surface area (Å²) >= 11 is 0. The number of carboxylic acids is 4.